The number of aromatic nitrogens is 1. The number of amides is 2. The lowest BCUT2D eigenvalue weighted by molar-refractivity contribution is -0.136. The lowest BCUT2D eigenvalue weighted by Crippen LogP contribution is -2.37. The predicted molar refractivity (Wildman–Crippen MR) is 106 cm³/mol. The summed E-state index contributed by atoms with van der Waals surface area (Å²) in [5, 5.41) is 16.7. The van der Waals surface area contributed by atoms with Crippen molar-refractivity contribution in [3.63, 3.8) is 0 Å². The third-order valence-corrected chi connectivity index (χ3v) is 4.79. The zero-order valence-electron chi connectivity index (χ0n) is 15.0. The zero-order chi connectivity index (χ0) is 19.6. The number of halogens is 1. The molecule has 0 aliphatic rings. The van der Waals surface area contributed by atoms with Gasteiger partial charge in [0.1, 0.15) is 0 Å². The van der Waals surface area contributed by atoms with Gasteiger partial charge < -0.3 is 20.3 Å². The Morgan fingerprint density at radius 3 is 2.67 bits per heavy atom. The van der Waals surface area contributed by atoms with Crippen molar-refractivity contribution in [2.45, 2.75) is 13.0 Å². The van der Waals surface area contributed by atoms with Crippen LogP contribution < -0.4 is 10.6 Å². The van der Waals surface area contributed by atoms with Crippen molar-refractivity contribution in [2.75, 3.05) is 11.9 Å². The van der Waals surface area contributed by atoms with Crippen LogP contribution in [0.1, 0.15) is 17.2 Å². The second-order valence-electron chi connectivity index (χ2n) is 6.39. The molecule has 140 valence electrons. The van der Waals surface area contributed by atoms with Crippen LogP contribution in [-0.4, -0.2) is 28.0 Å². The molecule has 2 aromatic carbocycles. The molecule has 3 rings (SSSR count). The van der Waals surface area contributed by atoms with Crippen LogP contribution in [0.25, 0.3) is 10.9 Å². The van der Waals surface area contributed by atoms with Crippen LogP contribution in [-0.2, 0) is 16.6 Å². The monoisotopic (exact) mass is 385 g/mol. The largest absolute Gasteiger partial charge is 0.387 e. The minimum atomic E-state index is -0.917. The highest BCUT2D eigenvalue weighted by Gasteiger charge is 2.16. The third kappa shape index (κ3) is 4.30. The first kappa shape index (κ1) is 18.9. The molecule has 0 radical (unpaired) electrons. The Morgan fingerprint density at radius 2 is 1.93 bits per heavy atom. The van der Waals surface area contributed by atoms with E-state index < -0.39 is 17.9 Å². The molecular formula is C20H20ClN3O3. The van der Waals surface area contributed by atoms with Crippen LogP contribution >= 0.6 is 11.6 Å². The number of benzene rings is 2. The molecule has 27 heavy (non-hydrogen) atoms. The van der Waals surface area contributed by atoms with Gasteiger partial charge in [-0.1, -0.05) is 23.7 Å². The number of carbonyl (C=O) groups is 2. The summed E-state index contributed by atoms with van der Waals surface area (Å²) in [5.41, 5.74) is 3.02. The number of carbonyl (C=O) groups excluding carboxylic acids is 2. The maximum Gasteiger partial charge on any atom is 0.313 e. The molecule has 1 unspecified atom stereocenters. The number of fused-ring (bicyclic) bond motifs is 1. The molecule has 1 atom stereocenters. The number of aryl methyl sites for hydroxylation is 2. The van der Waals surface area contributed by atoms with E-state index in [9.17, 15) is 14.7 Å². The van der Waals surface area contributed by atoms with E-state index in [1.54, 1.807) is 24.3 Å². The molecule has 0 bridgehead atoms. The highest BCUT2D eigenvalue weighted by Crippen LogP contribution is 2.21. The Hall–Kier alpha value is -2.83. The number of aliphatic hydroxyl groups excluding tert-OH is 1. The predicted octanol–water partition coefficient (Wildman–Crippen LogP) is 2.93. The van der Waals surface area contributed by atoms with Gasteiger partial charge in [0.25, 0.3) is 0 Å². The van der Waals surface area contributed by atoms with E-state index in [0.717, 1.165) is 16.5 Å². The van der Waals surface area contributed by atoms with Crippen molar-refractivity contribution >= 4 is 40.0 Å². The molecule has 7 heteroatoms. The van der Waals surface area contributed by atoms with Crippen molar-refractivity contribution in [3.8, 4) is 0 Å². The van der Waals surface area contributed by atoms with Gasteiger partial charge >= 0.3 is 11.8 Å². The van der Waals surface area contributed by atoms with Gasteiger partial charge in [0, 0.05) is 36.0 Å². The summed E-state index contributed by atoms with van der Waals surface area (Å²) < 4.78 is 1.98. The summed E-state index contributed by atoms with van der Waals surface area (Å²) in [6.45, 7) is 1.77. The number of rotatable bonds is 4. The van der Waals surface area contributed by atoms with Crippen LogP contribution in [0.5, 0.6) is 0 Å². The van der Waals surface area contributed by atoms with Crippen molar-refractivity contribution in [1.29, 1.82) is 0 Å². The highest BCUT2D eigenvalue weighted by atomic mass is 35.5. The summed E-state index contributed by atoms with van der Waals surface area (Å²) >= 11 is 6.00. The molecular weight excluding hydrogens is 366 g/mol. The standard InChI is InChI=1S/C20H20ClN3O3/c1-12-3-5-15(10-16(12)21)23-20(27)19(26)22-11-18(25)14-4-6-17-13(9-14)7-8-24(17)2/h3-10,18,25H,11H2,1-2H3,(H,22,26)(H,23,27). The number of hydrogen-bond donors (Lipinski definition) is 3. The number of hydrogen-bond acceptors (Lipinski definition) is 3. The molecule has 2 amide bonds. The van der Waals surface area contributed by atoms with E-state index in [4.69, 9.17) is 11.6 Å². The average Bonchev–Trinajstić information content (AvgIpc) is 3.02. The summed E-state index contributed by atoms with van der Waals surface area (Å²) in [6.07, 6.45) is 1.02. The minimum Gasteiger partial charge on any atom is -0.387 e. The Bertz CT molecular complexity index is 1010. The van der Waals surface area contributed by atoms with Crippen molar-refractivity contribution in [3.05, 3.63) is 64.8 Å². The second-order valence-corrected chi connectivity index (χ2v) is 6.80. The third-order valence-electron chi connectivity index (χ3n) is 4.39. The van der Waals surface area contributed by atoms with E-state index in [-0.39, 0.29) is 6.54 Å². The second kappa shape index (κ2) is 7.82. The molecule has 0 saturated carbocycles. The first-order valence-electron chi connectivity index (χ1n) is 8.43. The fourth-order valence-electron chi connectivity index (χ4n) is 2.75. The first-order chi connectivity index (χ1) is 12.8. The van der Waals surface area contributed by atoms with Crippen LogP contribution in [0.2, 0.25) is 5.02 Å². The van der Waals surface area contributed by atoms with E-state index in [2.05, 4.69) is 10.6 Å². The van der Waals surface area contributed by atoms with E-state index in [0.29, 0.717) is 16.3 Å². The lowest BCUT2D eigenvalue weighted by Gasteiger charge is -2.13. The molecule has 0 spiro atoms. The van der Waals surface area contributed by atoms with Crippen molar-refractivity contribution in [2.24, 2.45) is 7.05 Å². The Labute approximate surface area is 161 Å². The SMILES string of the molecule is Cc1ccc(NC(=O)C(=O)NCC(O)c2ccc3c(ccn3C)c2)cc1Cl. The zero-order valence-corrected chi connectivity index (χ0v) is 15.7. The quantitative estimate of drug-likeness (QED) is 0.604. The summed E-state index contributed by atoms with van der Waals surface area (Å²) in [5.74, 6) is -1.65. The molecule has 3 aromatic rings. The Balaban J connectivity index is 1.58. The van der Waals surface area contributed by atoms with Gasteiger partial charge in [0.15, 0.2) is 0 Å². The number of anilines is 1. The van der Waals surface area contributed by atoms with Crippen LogP contribution in [0.3, 0.4) is 0 Å². The van der Waals surface area contributed by atoms with Crippen LogP contribution in [0, 0.1) is 6.92 Å². The van der Waals surface area contributed by atoms with Crippen LogP contribution in [0.15, 0.2) is 48.7 Å². The lowest BCUT2D eigenvalue weighted by atomic mass is 10.1. The molecule has 3 N–H and O–H groups in total. The maximum absolute atomic E-state index is 12.0. The van der Waals surface area contributed by atoms with Gasteiger partial charge in [-0.05, 0) is 53.8 Å². The number of aliphatic hydroxyl groups is 1. The number of nitrogens with one attached hydrogen (secondary N) is 2. The van der Waals surface area contributed by atoms with Gasteiger partial charge in [-0.3, -0.25) is 9.59 Å². The van der Waals surface area contributed by atoms with Gasteiger partial charge in [-0.2, -0.15) is 0 Å². The molecule has 0 aliphatic heterocycles. The fraction of sp³-hybridized carbons (Fsp3) is 0.200. The summed E-state index contributed by atoms with van der Waals surface area (Å²) in [7, 11) is 1.94. The van der Waals surface area contributed by atoms with E-state index in [1.807, 2.05) is 42.9 Å². The van der Waals surface area contributed by atoms with Gasteiger partial charge in [0.2, 0.25) is 0 Å². The van der Waals surface area contributed by atoms with Crippen LogP contribution in [0.4, 0.5) is 5.69 Å². The Kier molecular flexibility index (Phi) is 5.48. The molecule has 0 aliphatic carbocycles. The summed E-state index contributed by atoms with van der Waals surface area (Å²) in [4.78, 5) is 24.0. The molecule has 1 heterocycles. The number of nitrogens with zero attached hydrogens (tertiary/aromatic N) is 1. The minimum absolute atomic E-state index is 0.0702. The molecule has 6 nitrogen and oxygen atoms in total. The normalized spacial score (nSPS) is 12.0. The first-order valence-corrected chi connectivity index (χ1v) is 8.81. The maximum atomic E-state index is 12.0. The van der Waals surface area contributed by atoms with Gasteiger partial charge in [-0.15, -0.1) is 0 Å². The average molecular weight is 386 g/mol. The van der Waals surface area contributed by atoms with Gasteiger partial charge in [-0.25, -0.2) is 0 Å². The van der Waals surface area contributed by atoms with Crippen molar-refractivity contribution < 1.29 is 14.7 Å². The smallest absolute Gasteiger partial charge is 0.313 e. The van der Waals surface area contributed by atoms with E-state index >= 15 is 0 Å². The Morgan fingerprint density at radius 1 is 1.15 bits per heavy atom. The molecule has 1 aromatic heterocycles. The highest BCUT2D eigenvalue weighted by molar-refractivity contribution is 6.39. The molecule has 0 fully saturated rings. The van der Waals surface area contributed by atoms with Crippen molar-refractivity contribution in [1.82, 2.24) is 9.88 Å². The van der Waals surface area contributed by atoms with Gasteiger partial charge in [0.05, 0.1) is 6.10 Å². The summed E-state index contributed by atoms with van der Waals surface area (Å²) in [6, 6.07) is 12.5. The molecule has 0 saturated heterocycles. The van der Waals surface area contributed by atoms with E-state index in [1.165, 1.54) is 0 Å². The fourth-order valence-corrected chi connectivity index (χ4v) is 2.93. The topological polar surface area (TPSA) is 83.4 Å².